The number of benzene rings is 3. The van der Waals surface area contributed by atoms with Crippen molar-refractivity contribution in [2.45, 2.75) is 31.8 Å². The molecular formula is C28H28O2. The van der Waals surface area contributed by atoms with E-state index in [1.807, 2.05) is 6.08 Å². The smallest absolute Gasteiger partial charge is 0.104 e. The van der Waals surface area contributed by atoms with E-state index >= 15 is 0 Å². The van der Waals surface area contributed by atoms with Crippen LogP contribution in [0.25, 0.3) is 22.3 Å². The molecule has 2 heteroatoms. The fraction of sp³-hybridized carbons (Fsp3) is 0.286. The van der Waals surface area contributed by atoms with Gasteiger partial charge in [0.2, 0.25) is 0 Å². The van der Waals surface area contributed by atoms with Crippen molar-refractivity contribution in [3.63, 3.8) is 0 Å². The third-order valence-corrected chi connectivity index (χ3v) is 6.20. The lowest BCUT2D eigenvalue weighted by Crippen LogP contribution is -2.05. The van der Waals surface area contributed by atoms with Crippen molar-refractivity contribution in [1.82, 2.24) is 0 Å². The van der Waals surface area contributed by atoms with Crippen LogP contribution >= 0.6 is 0 Å². The Morgan fingerprint density at radius 1 is 0.933 bits per heavy atom. The third kappa shape index (κ3) is 3.86. The molecule has 0 aromatic heterocycles. The van der Waals surface area contributed by atoms with E-state index in [0.29, 0.717) is 6.10 Å². The van der Waals surface area contributed by atoms with Crippen LogP contribution in [0, 0.1) is 0 Å². The highest BCUT2D eigenvalue weighted by Gasteiger charge is 2.23. The van der Waals surface area contributed by atoms with Crippen molar-refractivity contribution < 1.29 is 9.47 Å². The first-order valence-corrected chi connectivity index (χ1v) is 11.0. The van der Waals surface area contributed by atoms with E-state index in [9.17, 15) is 0 Å². The van der Waals surface area contributed by atoms with E-state index < -0.39 is 0 Å². The minimum absolute atomic E-state index is 0.335. The molecule has 30 heavy (non-hydrogen) atoms. The standard InChI is InChI=1S/C28H28O2/c1-2-8-20-10-5-12-25(23(20)15-7-16-29-18-22-19-30-22)27-14-6-13-26-24-11-4-3-9-21(24)17-28(26)27/h2-6,9-14,22H,1,7-8,15-19H2. The van der Waals surface area contributed by atoms with Crippen LogP contribution in [0.1, 0.15) is 28.7 Å². The minimum atomic E-state index is 0.335. The molecule has 1 unspecified atom stereocenters. The molecule has 2 aliphatic rings. The van der Waals surface area contributed by atoms with Gasteiger partial charge in [0.05, 0.1) is 13.2 Å². The number of epoxide rings is 1. The Morgan fingerprint density at radius 2 is 1.67 bits per heavy atom. The largest absolute Gasteiger partial charge is 0.379 e. The van der Waals surface area contributed by atoms with E-state index in [1.54, 1.807) is 0 Å². The second-order valence-electron chi connectivity index (χ2n) is 8.24. The Bertz CT molecular complexity index is 1060. The van der Waals surface area contributed by atoms with Gasteiger partial charge in [-0.15, -0.1) is 6.58 Å². The van der Waals surface area contributed by atoms with Crippen LogP contribution in [-0.4, -0.2) is 25.9 Å². The van der Waals surface area contributed by atoms with Crippen LogP contribution in [0.15, 0.2) is 73.3 Å². The van der Waals surface area contributed by atoms with E-state index in [0.717, 1.165) is 45.5 Å². The summed E-state index contributed by atoms with van der Waals surface area (Å²) >= 11 is 0. The van der Waals surface area contributed by atoms with Gasteiger partial charge in [0.15, 0.2) is 0 Å². The summed E-state index contributed by atoms with van der Waals surface area (Å²) in [5, 5.41) is 0. The Balaban J connectivity index is 1.47. The van der Waals surface area contributed by atoms with Crippen molar-refractivity contribution in [3.8, 4) is 22.3 Å². The van der Waals surface area contributed by atoms with Crippen molar-refractivity contribution in [2.75, 3.05) is 19.8 Å². The number of ether oxygens (including phenoxy) is 2. The van der Waals surface area contributed by atoms with Gasteiger partial charge in [0, 0.05) is 6.61 Å². The zero-order valence-corrected chi connectivity index (χ0v) is 17.4. The van der Waals surface area contributed by atoms with Crippen LogP contribution in [0.3, 0.4) is 0 Å². The highest BCUT2D eigenvalue weighted by molar-refractivity contribution is 5.85. The van der Waals surface area contributed by atoms with Crippen LogP contribution in [0.5, 0.6) is 0 Å². The summed E-state index contributed by atoms with van der Waals surface area (Å²) in [5.74, 6) is 0. The van der Waals surface area contributed by atoms with E-state index in [2.05, 4.69) is 67.2 Å². The summed E-state index contributed by atoms with van der Waals surface area (Å²) < 4.78 is 11.0. The molecule has 3 aromatic carbocycles. The molecule has 0 radical (unpaired) electrons. The van der Waals surface area contributed by atoms with Gasteiger partial charge in [-0.2, -0.15) is 0 Å². The number of hydrogen-bond donors (Lipinski definition) is 0. The first-order valence-electron chi connectivity index (χ1n) is 11.0. The second kappa shape index (κ2) is 8.59. The number of allylic oxidation sites excluding steroid dienone is 1. The van der Waals surface area contributed by atoms with Gasteiger partial charge in [-0.3, -0.25) is 0 Å². The molecule has 152 valence electrons. The van der Waals surface area contributed by atoms with Gasteiger partial charge in [0.1, 0.15) is 6.10 Å². The average molecular weight is 397 g/mol. The maximum Gasteiger partial charge on any atom is 0.104 e. The Morgan fingerprint density at radius 3 is 2.50 bits per heavy atom. The van der Waals surface area contributed by atoms with Gasteiger partial charge in [-0.1, -0.05) is 66.7 Å². The zero-order chi connectivity index (χ0) is 20.3. The Kier molecular flexibility index (Phi) is 5.52. The minimum Gasteiger partial charge on any atom is -0.379 e. The van der Waals surface area contributed by atoms with Crippen LogP contribution < -0.4 is 0 Å². The van der Waals surface area contributed by atoms with E-state index in [1.165, 1.54) is 44.5 Å². The van der Waals surface area contributed by atoms with Crippen LogP contribution in [0.2, 0.25) is 0 Å². The summed E-state index contributed by atoms with van der Waals surface area (Å²) in [6.07, 6.45) is 6.29. The Labute approximate surface area is 179 Å². The normalized spacial score (nSPS) is 16.2. The second-order valence-corrected chi connectivity index (χ2v) is 8.24. The van der Waals surface area contributed by atoms with Gasteiger partial charge in [-0.25, -0.2) is 0 Å². The predicted molar refractivity (Wildman–Crippen MR) is 123 cm³/mol. The molecule has 1 aliphatic carbocycles. The Hall–Kier alpha value is -2.68. The van der Waals surface area contributed by atoms with E-state index in [4.69, 9.17) is 9.47 Å². The molecule has 0 amide bonds. The fourth-order valence-electron chi connectivity index (χ4n) is 4.67. The van der Waals surface area contributed by atoms with Gasteiger partial charge in [0.25, 0.3) is 0 Å². The lowest BCUT2D eigenvalue weighted by atomic mass is 9.88. The maximum atomic E-state index is 5.80. The highest BCUT2D eigenvalue weighted by atomic mass is 16.6. The molecule has 1 heterocycles. The summed E-state index contributed by atoms with van der Waals surface area (Å²) in [4.78, 5) is 0. The first-order chi connectivity index (χ1) is 14.8. The van der Waals surface area contributed by atoms with Crippen LogP contribution in [0.4, 0.5) is 0 Å². The monoisotopic (exact) mass is 396 g/mol. The molecule has 1 saturated heterocycles. The van der Waals surface area contributed by atoms with Crippen molar-refractivity contribution >= 4 is 0 Å². The summed E-state index contributed by atoms with van der Waals surface area (Å²) in [7, 11) is 0. The van der Waals surface area contributed by atoms with Gasteiger partial charge >= 0.3 is 0 Å². The molecule has 1 atom stereocenters. The number of rotatable bonds is 9. The molecule has 1 aliphatic heterocycles. The van der Waals surface area contributed by atoms with E-state index in [-0.39, 0.29) is 0 Å². The van der Waals surface area contributed by atoms with Crippen molar-refractivity contribution in [1.29, 1.82) is 0 Å². The predicted octanol–water partition coefficient (Wildman–Crippen LogP) is 6.00. The summed E-state index contributed by atoms with van der Waals surface area (Å²) in [6.45, 7) is 6.34. The molecule has 2 nitrogen and oxygen atoms in total. The lowest BCUT2D eigenvalue weighted by Gasteiger charge is -2.17. The summed E-state index contributed by atoms with van der Waals surface area (Å²) in [6, 6.07) is 22.3. The number of fused-ring (bicyclic) bond motifs is 3. The first kappa shape index (κ1) is 19.3. The molecule has 0 saturated carbocycles. The topological polar surface area (TPSA) is 21.8 Å². The molecular weight excluding hydrogens is 368 g/mol. The van der Waals surface area contributed by atoms with Gasteiger partial charge < -0.3 is 9.47 Å². The third-order valence-electron chi connectivity index (χ3n) is 6.20. The SMILES string of the molecule is C=CCc1cccc(-c2cccc3c2Cc2ccccc2-3)c1CCCOCC1CO1. The molecule has 5 rings (SSSR count). The lowest BCUT2D eigenvalue weighted by molar-refractivity contribution is 0.114. The molecule has 0 spiro atoms. The van der Waals surface area contributed by atoms with Crippen molar-refractivity contribution in [2.24, 2.45) is 0 Å². The van der Waals surface area contributed by atoms with Gasteiger partial charge in [-0.05, 0) is 70.2 Å². The number of hydrogen-bond acceptors (Lipinski definition) is 2. The zero-order valence-electron chi connectivity index (χ0n) is 17.4. The molecule has 0 bridgehead atoms. The quantitative estimate of drug-likeness (QED) is 0.197. The fourth-order valence-corrected chi connectivity index (χ4v) is 4.67. The molecule has 0 N–H and O–H groups in total. The maximum absolute atomic E-state index is 5.80. The van der Waals surface area contributed by atoms with Crippen LogP contribution in [-0.2, 0) is 28.7 Å². The summed E-state index contributed by atoms with van der Waals surface area (Å²) in [5.41, 5.74) is 11.2. The molecule has 1 fully saturated rings. The average Bonchev–Trinajstić information content (AvgIpc) is 3.52. The highest BCUT2D eigenvalue weighted by Crippen LogP contribution is 2.42. The molecule has 3 aromatic rings. The van der Waals surface area contributed by atoms with Crippen molar-refractivity contribution in [3.05, 3.63) is 95.6 Å².